The van der Waals surface area contributed by atoms with Gasteiger partial charge in [0.15, 0.2) is 0 Å². The van der Waals surface area contributed by atoms with Crippen molar-refractivity contribution in [2.75, 3.05) is 33.8 Å². The lowest BCUT2D eigenvalue weighted by Crippen LogP contribution is -2.46. The Kier molecular flexibility index (Phi) is 9.67. The largest absolute Gasteiger partial charge is 0.396 e. The maximum Gasteiger partial charge on any atom is 0.0499 e. The van der Waals surface area contributed by atoms with Gasteiger partial charge < -0.3 is 15.3 Å². The second kappa shape index (κ2) is 9.73. The summed E-state index contributed by atoms with van der Waals surface area (Å²) in [6, 6.07) is 0.583. The summed E-state index contributed by atoms with van der Waals surface area (Å²) in [6.07, 6.45) is 4.52. The fourth-order valence-electron chi connectivity index (χ4n) is 2.87. The number of likely N-dealkylation sites (N-methyl/N-ethyl adjacent to an activating group) is 1. The molecule has 0 heterocycles. The Labute approximate surface area is 120 Å². The molecule has 0 aromatic carbocycles. The average Bonchev–Trinajstić information content (AvgIpc) is 2.43. The average molecular weight is 272 g/mol. The second-order valence-electron chi connectivity index (χ2n) is 6.10. The summed E-state index contributed by atoms with van der Waals surface area (Å²) < 4.78 is 0. The molecule has 0 radical (unpaired) electrons. The normalized spacial score (nSPS) is 14.4. The molecule has 0 aliphatic rings. The van der Waals surface area contributed by atoms with Crippen molar-refractivity contribution in [3.63, 3.8) is 0 Å². The summed E-state index contributed by atoms with van der Waals surface area (Å²) in [6.45, 7) is 11.1. The molecule has 0 aromatic heterocycles. The number of hydrogen-bond donors (Lipinski definition) is 2. The molecule has 1 atom stereocenters. The molecule has 0 saturated heterocycles. The fourth-order valence-corrected chi connectivity index (χ4v) is 2.87. The molecule has 0 bridgehead atoms. The van der Waals surface area contributed by atoms with Gasteiger partial charge in [-0.25, -0.2) is 0 Å². The zero-order valence-electron chi connectivity index (χ0n) is 14.0. The summed E-state index contributed by atoms with van der Waals surface area (Å²) >= 11 is 0. The lowest BCUT2D eigenvalue weighted by Gasteiger charge is -2.34. The van der Waals surface area contributed by atoms with E-state index >= 15 is 0 Å². The molecule has 3 heteroatoms. The number of aliphatic hydroxyl groups excluding tert-OH is 1. The van der Waals surface area contributed by atoms with Crippen molar-refractivity contribution in [1.82, 2.24) is 10.2 Å². The van der Waals surface area contributed by atoms with Gasteiger partial charge >= 0.3 is 0 Å². The molecule has 0 saturated carbocycles. The number of rotatable bonds is 11. The van der Waals surface area contributed by atoms with Crippen molar-refractivity contribution in [2.45, 2.75) is 59.4 Å². The second-order valence-corrected chi connectivity index (χ2v) is 6.10. The smallest absolute Gasteiger partial charge is 0.0499 e. The quantitative estimate of drug-likeness (QED) is 0.607. The molecule has 2 N–H and O–H groups in total. The van der Waals surface area contributed by atoms with E-state index in [0.717, 1.165) is 31.8 Å². The van der Waals surface area contributed by atoms with Crippen LogP contribution in [0.15, 0.2) is 0 Å². The van der Waals surface area contributed by atoms with E-state index in [4.69, 9.17) is 0 Å². The van der Waals surface area contributed by atoms with Crippen molar-refractivity contribution in [3.05, 3.63) is 0 Å². The van der Waals surface area contributed by atoms with Crippen molar-refractivity contribution >= 4 is 0 Å². The van der Waals surface area contributed by atoms with E-state index in [2.05, 4.69) is 52.0 Å². The Balaban J connectivity index is 4.40. The zero-order valence-corrected chi connectivity index (χ0v) is 14.0. The first kappa shape index (κ1) is 18.9. The predicted molar refractivity (Wildman–Crippen MR) is 84.5 cm³/mol. The van der Waals surface area contributed by atoms with Gasteiger partial charge in [0.1, 0.15) is 0 Å². The Morgan fingerprint density at radius 3 is 1.89 bits per heavy atom. The van der Waals surface area contributed by atoms with E-state index < -0.39 is 0 Å². The van der Waals surface area contributed by atoms with Crippen LogP contribution in [0.4, 0.5) is 0 Å². The van der Waals surface area contributed by atoms with Crippen molar-refractivity contribution < 1.29 is 5.11 Å². The first-order valence-corrected chi connectivity index (χ1v) is 7.98. The van der Waals surface area contributed by atoms with Crippen LogP contribution in [0, 0.1) is 11.3 Å². The standard InChI is InChI=1S/C16H36N2O/c1-7-14(8-2)15(18(5)6)11-17-12-16(9-3,10-4)13-19/h14-15,17,19H,7-13H2,1-6H3. The monoisotopic (exact) mass is 272 g/mol. The first-order valence-electron chi connectivity index (χ1n) is 7.98. The number of nitrogens with zero attached hydrogens (tertiary/aromatic N) is 1. The molecule has 0 fully saturated rings. The van der Waals surface area contributed by atoms with Gasteiger partial charge in [-0.05, 0) is 32.9 Å². The molecular weight excluding hydrogens is 236 g/mol. The van der Waals surface area contributed by atoms with Crippen LogP contribution in [0.1, 0.15) is 53.4 Å². The van der Waals surface area contributed by atoms with Crippen molar-refractivity contribution in [3.8, 4) is 0 Å². The Morgan fingerprint density at radius 1 is 1.05 bits per heavy atom. The molecule has 0 aliphatic carbocycles. The van der Waals surface area contributed by atoms with Gasteiger partial charge in [-0.2, -0.15) is 0 Å². The first-order chi connectivity index (χ1) is 9.00. The number of hydrogen-bond acceptors (Lipinski definition) is 3. The number of aliphatic hydroxyl groups is 1. The predicted octanol–water partition coefficient (Wildman–Crippen LogP) is 2.74. The lowest BCUT2D eigenvalue weighted by molar-refractivity contribution is 0.107. The highest BCUT2D eigenvalue weighted by Crippen LogP contribution is 2.24. The van der Waals surface area contributed by atoms with Gasteiger partial charge in [0, 0.05) is 31.2 Å². The van der Waals surface area contributed by atoms with Crippen LogP contribution in [-0.2, 0) is 0 Å². The third-order valence-electron chi connectivity index (χ3n) is 4.95. The summed E-state index contributed by atoms with van der Waals surface area (Å²) in [7, 11) is 4.34. The molecule has 0 amide bonds. The lowest BCUT2D eigenvalue weighted by atomic mass is 9.83. The minimum absolute atomic E-state index is 0.0603. The van der Waals surface area contributed by atoms with Crippen LogP contribution < -0.4 is 5.32 Å². The van der Waals surface area contributed by atoms with Crippen LogP contribution >= 0.6 is 0 Å². The highest BCUT2D eigenvalue weighted by molar-refractivity contribution is 4.82. The van der Waals surface area contributed by atoms with E-state index in [1.165, 1.54) is 12.8 Å². The molecule has 0 aromatic rings. The molecule has 116 valence electrons. The van der Waals surface area contributed by atoms with Crippen LogP contribution in [0.2, 0.25) is 0 Å². The fraction of sp³-hybridized carbons (Fsp3) is 1.00. The third kappa shape index (κ3) is 5.80. The van der Waals surface area contributed by atoms with Gasteiger partial charge in [-0.3, -0.25) is 0 Å². The topological polar surface area (TPSA) is 35.5 Å². The van der Waals surface area contributed by atoms with E-state index in [1.54, 1.807) is 0 Å². The summed E-state index contributed by atoms with van der Waals surface area (Å²) in [4.78, 5) is 2.34. The molecule has 1 unspecified atom stereocenters. The van der Waals surface area contributed by atoms with Gasteiger partial charge in [-0.15, -0.1) is 0 Å². The minimum Gasteiger partial charge on any atom is -0.396 e. The van der Waals surface area contributed by atoms with E-state index in [-0.39, 0.29) is 12.0 Å². The summed E-state index contributed by atoms with van der Waals surface area (Å²) in [5.41, 5.74) is 0.0603. The maximum absolute atomic E-state index is 9.60. The number of nitrogens with one attached hydrogen (secondary N) is 1. The molecular formula is C16H36N2O. The Hall–Kier alpha value is -0.120. The third-order valence-corrected chi connectivity index (χ3v) is 4.95. The van der Waals surface area contributed by atoms with Crippen LogP contribution in [0.25, 0.3) is 0 Å². The minimum atomic E-state index is 0.0603. The van der Waals surface area contributed by atoms with Crippen molar-refractivity contribution in [1.29, 1.82) is 0 Å². The molecule has 19 heavy (non-hydrogen) atoms. The molecule has 0 spiro atoms. The van der Waals surface area contributed by atoms with Gasteiger partial charge in [0.2, 0.25) is 0 Å². The highest BCUT2D eigenvalue weighted by atomic mass is 16.3. The zero-order chi connectivity index (χ0) is 14.9. The SMILES string of the molecule is CCC(CC)C(CNCC(CC)(CC)CO)N(C)C. The van der Waals surface area contributed by atoms with Crippen LogP contribution in [-0.4, -0.2) is 49.8 Å². The summed E-state index contributed by atoms with van der Waals surface area (Å²) in [5.74, 6) is 0.745. The van der Waals surface area contributed by atoms with Gasteiger partial charge in [0.25, 0.3) is 0 Å². The highest BCUT2D eigenvalue weighted by Gasteiger charge is 2.26. The van der Waals surface area contributed by atoms with Gasteiger partial charge in [0.05, 0.1) is 0 Å². The van der Waals surface area contributed by atoms with Crippen LogP contribution in [0.3, 0.4) is 0 Å². The van der Waals surface area contributed by atoms with Crippen LogP contribution in [0.5, 0.6) is 0 Å². The maximum atomic E-state index is 9.60. The van der Waals surface area contributed by atoms with Crippen molar-refractivity contribution in [2.24, 2.45) is 11.3 Å². The molecule has 0 rings (SSSR count). The molecule has 3 nitrogen and oxygen atoms in total. The van der Waals surface area contributed by atoms with E-state index in [1.807, 2.05) is 0 Å². The Bertz CT molecular complexity index is 203. The summed E-state index contributed by atoms with van der Waals surface area (Å²) in [5, 5.41) is 13.2. The van der Waals surface area contributed by atoms with E-state index in [0.29, 0.717) is 6.04 Å². The van der Waals surface area contributed by atoms with E-state index in [9.17, 15) is 5.11 Å². The Morgan fingerprint density at radius 2 is 1.58 bits per heavy atom. The molecule has 0 aliphatic heterocycles. The van der Waals surface area contributed by atoms with Gasteiger partial charge in [-0.1, -0.05) is 40.5 Å².